The van der Waals surface area contributed by atoms with Crippen molar-refractivity contribution in [1.29, 1.82) is 0 Å². The quantitative estimate of drug-likeness (QED) is 0.873. The fourth-order valence-corrected chi connectivity index (χ4v) is 2.36. The van der Waals surface area contributed by atoms with Gasteiger partial charge in [-0.15, -0.1) is 0 Å². The van der Waals surface area contributed by atoms with Gasteiger partial charge in [0.05, 0.1) is 5.54 Å². The molecular formula is C14H18F2N2O. The van der Waals surface area contributed by atoms with Crippen molar-refractivity contribution >= 4 is 5.91 Å². The average Bonchev–Trinajstić information content (AvgIpc) is 2.76. The van der Waals surface area contributed by atoms with Crippen molar-refractivity contribution in [1.82, 2.24) is 10.6 Å². The molecule has 1 aromatic carbocycles. The molecule has 0 bridgehead atoms. The zero-order valence-corrected chi connectivity index (χ0v) is 10.9. The molecule has 1 fully saturated rings. The molecule has 0 spiro atoms. The van der Waals surface area contributed by atoms with Gasteiger partial charge in [0.1, 0.15) is 11.6 Å². The maximum absolute atomic E-state index is 13.0. The van der Waals surface area contributed by atoms with E-state index in [1.807, 2.05) is 6.92 Å². The third-order valence-electron chi connectivity index (χ3n) is 3.49. The summed E-state index contributed by atoms with van der Waals surface area (Å²) in [5.74, 6) is -1.24. The highest BCUT2D eigenvalue weighted by Crippen LogP contribution is 2.18. The van der Waals surface area contributed by atoms with E-state index in [2.05, 4.69) is 10.6 Å². The fraction of sp³-hybridized carbons (Fsp3) is 0.500. The molecule has 1 aromatic rings. The standard InChI is InChI=1S/C14H18F2N2O/c1-14(4-2-5-18-14)13(19)17-6-3-10-7-11(15)9-12(16)8-10/h7-9,18H,2-6H2,1H3,(H,17,19). The molecule has 1 unspecified atom stereocenters. The molecule has 1 atom stereocenters. The minimum Gasteiger partial charge on any atom is -0.354 e. The Balaban J connectivity index is 1.84. The second kappa shape index (κ2) is 5.65. The lowest BCUT2D eigenvalue weighted by Crippen LogP contribution is -2.51. The van der Waals surface area contributed by atoms with Gasteiger partial charge in [-0.25, -0.2) is 8.78 Å². The molecule has 1 aliphatic heterocycles. The van der Waals surface area contributed by atoms with E-state index in [1.165, 1.54) is 12.1 Å². The number of rotatable bonds is 4. The number of benzene rings is 1. The number of halogens is 2. The predicted molar refractivity (Wildman–Crippen MR) is 68.7 cm³/mol. The third kappa shape index (κ3) is 3.50. The first-order valence-corrected chi connectivity index (χ1v) is 6.48. The van der Waals surface area contributed by atoms with Crippen LogP contribution in [-0.4, -0.2) is 24.5 Å². The summed E-state index contributed by atoms with van der Waals surface area (Å²) >= 11 is 0. The summed E-state index contributed by atoms with van der Waals surface area (Å²) in [6.45, 7) is 3.09. The Labute approximate surface area is 111 Å². The smallest absolute Gasteiger partial charge is 0.240 e. The van der Waals surface area contributed by atoms with Gasteiger partial charge in [-0.3, -0.25) is 4.79 Å². The number of nitrogens with one attached hydrogen (secondary N) is 2. The number of hydrogen-bond donors (Lipinski definition) is 2. The van der Waals surface area contributed by atoms with Crippen LogP contribution in [0, 0.1) is 11.6 Å². The Bertz CT molecular complexity index is 450. The highest BCUT2D eigenvalue weighted by molar-refractivity contribution is 5.86. The van der Waals surface area contributed by atoms with Gasteiger partial charge >= 0.3 is 0 Å². The lowest BCUT2D eigenvalue weighted by Gasteiger charge is -2.23. The molecule has 19 heavy (non-hydrogen) atoms. The van der Waals surface area contributed by atoms with Crippen molar-refractivity contribution in [3.63, 3.8) is 0 Å². The van der Waals surface area contributed by atoms with Crippen molar-refractivity contribution < 1.29 is 13.6 Å². The van der Waals surface area contributed by atoms with Gasteiger partial charge < -0.3 is 10.6 Å². The predicted octanol–water partition coefficient (Wildman–Crippen LogP) is 1.77. The number of amides is 1. The van der Waals surface area contributed by atoms with Crippen molar-refractivity contribution in [2.24, 2.45) is 0 Å². The topological polar surface area (TPSA) is 41.1 Å². The van der Waals surface area contributed by atoms with Gasteiger partial charge in [0.2, 0.25) is 5.91 Å². The number of hydrogen-bond acceptors (Lipinski definition) is 2. The summed E-state index contributed by atoms with van der Waals surface area (Å²) in [6.07, 6.45) is 2.21. The molecule has 1 amide bonds. The van der Waals surface area contributed by atoms with E-state index in [0.29, 0.717) is 18.5 Å². The zero-order valence-electron chi connectivity index (χ0n) is 10.9. The van der Waals surface area contributed by atoms with E-state index in [-0.39, 0.29) is 5.91 Å². The molecule has 1 saturated heterocycles. The highest BCUT2D eigenvalue weighted by Gasteiger charge is 2.35. The first kappa shape index (κ1) is 13.9. The van der Waals surface area contributed by atoms with Crippen molar-refractivity contribution in [3.8, 4) is 0 Å². The molecular weight excluding hydrogens is 250 g/mol. The molecule has 0 saturated carbocycles. The normalized spacial score (nSPS) is 22.5. The molecule has 2 N–H and O–H groups in total. The molecule has 0 aromatic heterocycles. The second-order valence-electron chi connectivity index (χ2n) is 5.15. The Kier molecular flexibility index (Phi) is 4.14. The summed E-state index contributed by atoms with van der Waals surface area (Å²) in [4.78, 5) is 12.0. The van der Waals surface area contributed by atoms with Crippen LogP contribution < -0.4 is 10.6 Å². The van der Waals surface area contributed by atoms with Crippen LogP contribution in [0.5, 0.6) is 0 Å². The largest absolute Gasteiger partial charge is 0.354 e. The fourth-order valence-electron chi connectivity index (χ4n) is 2.36. The van der Waals surface area contributed by atoms with E-state index in [4.69, 9.17) is 0 Å². The summed E-state index contributed by atoms with van der Waals surface area (Å²) in [7, 11) is 0. The van der Waals surface area contributed by atoms with Gasteiger partial charge in [-0.05, 0) is 50.4 Å². The van der Waals surface area contributed by atoms with Crippen LogP contribution in [0.25, 0.3) is 0 Å². The number of carbonyl (C=O) groups excluding carboxylic acids is 1. The maximum atomic E-state index is 13.0. The first-order valence-electron chi connectivity index (χ1n) is 6.48. The SMILES string of the molecule is CC1(C(=O)NCCc2cc(F)cc(F)c2)CCCN1. The van der Waals surface area contributed by atoms with E-state index >= 15 is 0 Å². The van der Waals surface area contributed by atoms with Gasteiger partial charge in [0, 0.05) is 12.6 Å². The first-order chi connectivity index (χ1) is 8.99. The third-order valence-corrected chi connectivity index (χ3v) is 3.49. The molecule has 1 heterocycles. The van der Waals surface area contributed by atoms with Crippen molar-refractivity contribution in [2.75, 3.05) is 13.1 Å². The Morgan fingerprint density at radius 1 is 1.37 bits per heavy atom. The lowest BCUT2D eigenvalue weighted by molar-refractivity contribution is -0.126. The van der Waals surface area contributed by atoms with E-state index in [0.717, 1.165) is 25.5 Å². The molecule has 0 radical (unpaired) electrons. The average molecular weight is 268 g/mol. The Morgan fingerprint density at radius 2 is 2.05 bits per heavy atom. The van der Waals surface area contributed by atoms with Crippen LogP contribution in [0.1, 0.15) is 25.3 Å². The second-order valence-corrected chi connectivity index (χ2v) is 5.15. The highest BCUT2D eigenvalue weighted by atomic mass is 19.1. The molecule has 0 aliphatic carbocycles. The summed E-state index contributed by atoms with van der Waals surface area (Å²) in [6, 6.07) is 3.40. The minimum absolute atomic E-state index is 0.0538. The molecule has 5 heteroatoms. The van der Waals surface area contributed by atoms with E-state index in [9.17, 15) is 13.6 Å². The van der Waals surface area contributed by atoms with Gasteiger partial charge in [0.25, 0.3) is 0 Å². The van der Waals surface area contributed by atoms with Gasteiger partial charge in [-0.2, -0.15) is 0 Å². The summed E-state index contributed by atoms with van der Waals surface area (Å²) in [5, 5.41) is 5.97. The van der Waals surface area contributed by atoms with E-state index in [1.54, 1.807) is 0 Å². The van der Waals surface area contributed by atoms with Crippen LogP contribution in [0.2, 0.25) is 0 Å². The Hall–Kier alpha value is -1.49. The lowest BCUT2D eigenvalue weighted by atomic mass is 9.99. The molecule has 104 valence electrons. The van der Waals surface area contributed by atoms with Crippen molar-refractivity contribution in [2.45, 2.75) is 31.7 Å². The van der Waals surface area contributed by atoms with Crippen molar-refractivity contribution in [3.05, 3.63) is 35.4 Å². The van der Waals surface area contributed by atoms with Crippen LogP contribution in [-0.2, 0) is 11.2 Å². The molecule has 1 aliphatic rings. The van der Waals surface area contributed by atoms with Crippen LogP contribution >= 0.6 is 0 Å². The van der Waals surface area contributed by atoms with Gasteiger partial charge in [-0.1, -0.05) is 0 Å². The summed E-state index contributed by atoms with van der Waals surface area (Å²) < 4.78 is 26.0. The molecule has 3 nitrogen and oxygen atoms in total. The van der Waals surface area contributed by atoms with E-state index < -0.39 is 17.2 Å². The van der Waals surface area contributed by atoms with Crippen LogP contribution in [0.15, 0.2) is 18.2 Å². The zero-order chi connectivity index (χ0) is 13.9. The molecule has 2 rings (SSSR count). The van der Waals surface area contributed by atoms with Crippen LogP contribution in [0.3, 0.4) is 0 Å². The van der Waals surface area contributed by atoms with Crippen LogP contribution in [0.4, 0.5) is 8.78 Å². The Morgan fingerprint density at radius 3 is 2.63 bits per heavy atom. The minimum atomic E-state index is -0.592. The summed E-state index contributed by atoms with van der Waals surface area (Å²) in [5.41, 5.74) is 0.0371. The maximum Gasteiger partial charge on any atom is 0.240 e. The van der Waals surface area contributed by atoms with Gasteiger partial charge in [0.15, 0.2) is 0 Å². The number of carbonyl (C=O) groups is 1. The monoisotopic (exact) mass is 268 g/mol.